The standard InChI is InChI=1S/C6H12NS/c1-2-7-3-5-8-6-4-7/h2H,3-6H2,1H3. The summed E-state index contributed by atoms with van der Waals surface area (Å²) in [6.45, 7) is 6.79. The lowest BCUT2D eigenvalue weighted by atomic mass is 10.5. The Kier molecular flexibility index (Phi) is 2.70. The largest absolute Gasteiger partial charge is 0.297 e. The van der Waals surface area contributed by atoms with Gasteiger partial charge >= 0.3 is 0 Å². The molecule has 0 aromatic rings. The molecule has 1 radical (unpaired) electrons. The Bertz CT molecular complexity index is 59.5. The number of hydrogen-bond donors (Lipinski definition) is 0. The van der Waals surface area contributed by atoms with Crippen LogP contribution >= 0.6 is 11.8 Å². The number of thioether (sulfide) groups is 1. The molecule has 1 saturated heterocycles. The molecule has 0 atom stereocenters. The summed E-state index contributed by atoms with van der Waals surface area (Å²) in [5.41, 5.74) is 0. The van der Waals surface area contributed by atoms with Crippen LogP contribution in [0.25, 0.3) is 0 Å². The minimum Gasteiger partial charge on any atom is -0.297 e. The Morgan fingerprint density at radius 2 is 2.00 bits per heavy atom. The third kappa shape index (κ3) is 1.67. The van der Waals surface area contributed by atoms with Gasteiger partial charge in [-0.1, -0.05) is 0 Å². The van der Waals surface area contributed by atoms with Gasteiger partial charge in [-0.15, -0.1) is 0 Å². The summed E-state index contributed by atoms with van der Waals surface area (Å²) < 4.78 is 0. The van der Waals surface area contributed by atoms with Gasteiger partial charge in [-0.3, -0.25) is 4.90 Å². The topological polar surface area (TPSA) is 3.24 Å². The molecule has 1 heterocycles. The van der Waals surface area contributed by atoms with Crippen molar-refractivity contribution in [3.63, 3.8) is 0 Å². The van der Waals surface area contributed by atoms with Crippen LogP contribution in [-0.4, -0.2) is 29.5 Å². The van der Waals surface area contributed by atoms with E-state index < -0.39 is 0 Å². The minimum absolute atomic E-state index is 1.25. The second-order valence-electron chi connectivity index (χ2n) is 1.91. The van der Waals surface area contributed by atoms with Gasteiger partial charge in [-0.2, -0.15) is 11.8 Å². The maximum atomic E-state index is 2.37. The number of nitrogens with zero attached hydrogens (tertiary/aromatic N) is 1. The predicted molar refractivity (Wildman–Crippen MR) is 38.9 cm³/mol. The molecule has 1 rings (SSSR count). The summed E-state index contributed by atoms with van der Waals surface area (Å²) >= 11 is 2.05. The van der Waals surface area contributed by atoms with Gasteiger partial charge in [-0.05, 0) is 6.92 Å². The fourth-order valence-corrected chi connectivity index (χ4v) is 1.77. The number of hydrogen-bond acceptors (Lipinski definition) is 2. The molecular weight excluding hydrogens is 118 g/mol. The Morgan fingerprint density at radius 1 is 1.38 bits per heavy atom. The van der Waals surface area contributed by atoms with E-state index >= 15 is 0 Å². The van der Waals surface area contributed by atoms with Crippen molar-refractivity contribution in [2.24, 2.45) is 0 Å². The quantitative estimate of drug-likeness (QED) is 0.525. The van der Waals surface area contributed by atoms with Gasteiger partial charge in [0.25, 0.3) is 0 Å². The first-order valence-electron chi connectivity index (χ1n) is 3.05. The van der Waals surface area contributed by atoms with E-state index in [2.05, 4.69) is 30.1 Å². The third-order valence-corrected chi connectivity index (χ3v) is 2.35. The lowest BCUT2D eigenvalue weighted by Gasteiger charge is -2.23. The second-order valence-corrected chi connectivity index (χ2v) is 3.13. The highest BCUT2D eigenvalue weighted by Gasteiger charge is 2.06. The van der Waals surface area contributed by atoms with E-state index in [1.54, 1.807) is 0 Å². The lowest BCUT2D eigenvalue weighted by molar-refractivity contribution is 0.374. The minimum atomic E-state index is 1.25. The molecule has 1 aliphatic heterocycles. The molecule has 0 unspecified atom stereocenters. The van der Waals surface area contributed by atoms with E-state index in [0.717, 1.165) is 0 Å². The summed E-state index contributed by atoms with van der Waals surface area (Å²) in [4.78, 5) is 2.37. The average molecular weight is 130 g/mol. The van der Waals surface area contributed by atoms with Crippen LogP contribution in [0.15, 0.2) is 0 Å². The summed E-state index contributed by atoms with van der Waals surface area (Å²) in [5, 5.41) is 0. The van der Waals surface area contributed by atoms with Gasteiger partial charge in [0.05, 0.1) is 0 Å². The van der Waals surface area contributed by atoms with Crippen molar-refractivity contribution in [2.75, 3.05) is 24.6 Å². The van der Waals surface area contributed by atoms with Crippen LogP contribution in [0, 0.1) is 6.54 Å². The molecule has 0 aliphatic carbocycles. The fourth-order valence-electron chi connectivity index (χ4n) is 0.836. The first-order valence-corrected chi connectivity index (χ1v) is 4.20. The van der Waals surface area contributed by atoms with E-state index in [4.69, 9.17) is 0 Å². The first kappa shape index (κ1) is 6.43. The van der Waals surface area contributed by atoms with Crippen LogP contribution in [0.1, 0.15) is 6.92 Å². The van der Waals surface area contributed by atoms with Gasteiger partial charge in [0.1, 0.15) is 0 Å². The van der Waals surface area contributed by atoms with Crippen LogP contribution in [0.2, 0.25) is 0 Å². The normalized spacial score (nSPS) is 23.6. The van der Waals surface area contributed by atoms with Crippen molar-refractivity contribution < 1.29 is 0 Å². The molecule has 1 nitrogen and oxygen atoms in total. The summed E-state index contributed by atoms with van der Waals surface area (Å²) in [6, 6.07) is 0. The summed E-state index contributed by atoms with van der Waals surface area (Å²) in [6.07, 6.45) is 0. The van der Waals surface area contributed by atoms with Crippen molar-refractivity contribution in [3.05, 3.63) is 6.54 Å². The summed E-state index contributed by atoms with van der Waals surface area (Å²) in [5.74, 6) is 2.62. The average Bonchev–Trinajstić information content (AvgIpc) is 1.90. The van der Waals surface area contributed by atoms with E-state index in [0.29, 0.717) is 0 Å². The monoisotopic (exact) mass is 130 g/mol. The molecule has 0 spiro atoms. The van der Waals surface area contributed by atoms with Crippen LogP contribution < -0.4 is 0 Å². The zero-order valence-corrected chi connectivity index (χ0v) is 6.08. The predicted octanol–water partition coefficient (Wildman–Crippen LogP) is 1.22. The van der Waals surface area contributed by atoms with Crippen molar-refractivity contribution in [1.82, 2.24) is 4.90 Å². The molecule has 47 valence electrons. The maximum absolute atomic E-state index is 2.37. The zero-order valence-electron chi connectivity index (χ0n) is 5.26. The van der Waals surface area contributed by atoms with Gasteiger partial charge in [0.15, 0.2) is 0 Å². The van der Waals surface area contributed by atoms with Crippen LogP contribution in [0.5, 0.6) is 0 Å². The molecule has 1 aliphatic rings. The Balaban J connectivity index is 2.13. The lowest BCUT2D eigenvalue weighted by Crippen LogP contribution is -2.29. The van der Waals surface area contributed by atoms with E-state index in [-0.39, 0.29) is 0 Å². The number of rotatable bonds is 1. The molecule has 0 N–H and O–H groups in total. The molecule has 0 aromatic heterocycles. The smallest absolute Gasteiger partial charge is 0.0221 e. The molecule has 2 heteroatoms. The van der Waals surface area contributed by atoms with E-state index in [1.165, 1.54) is 24.6 Å². The second kappa shape index (κ2) is 3.36. The molecule has 1 fully saturated rings. The van der Waals surface area contributed by atoms with Gasteiger partial charge in [0.2, 0.25) is 0 Å². The molecule has 0 bridgehead atoms. The Hall–Kier alpha value is 0.310. The SMILES string of the molecule is C[CH]N1CCSCC1. The maximum Gasteiger partial charge on any atom is 0.0221 e. The van der Waals surface area contributed by atoms with Crippen LogP contribution in [-0.2, 0) is 0 Å². The van der Waals surface area contributed by atoms with Crippen LogP contribution in [0.3, 0.4) is 0 Å². The highest BCUT2D eigenvalue weighted by atomic mass is 32.2. The Labute approximate surface area is 55.4 Å². The fraction of sp³-hybridized carbons (Fsp3) is 0.833. The van der Waals surface area contributed by atoms with Crippen molar-refractivity contribution in [2.45, 2.75) is 6.92 Å². The highest BCUT2D eigenvalue weighted by molar-refractivity contribution is 7.99. The van der Waals surface area contributed by atoms with E-state index in [9.17, 15) is 0 Å². The van der Waals surface area contributed by atoms with E-state index in [1.807, 2.05) is 0 Å². The summed E-state index contributed by atoms with van der Waals surface area (Å²) in [7, 11) is 0. The Morgan fingerprint density at radius 3 is 2.38 bits per heavy atom. The van der Waals surface area contributed by atoms with Crippen molar-refractivity contribution in [1.29, 1.82) is 0 Å². The molecule has 0 amide bonds. The third-order valence-electron chi connectivity index (χ3n) is 1.41. The zero-order chi connectivity index (χ0) is 5.82. The van der Waals surface area contributed by atoms with Gasteiger partial charge in [-0.25, -0.2) is 0 Å². The van der Waals surface area contributed by atoms with Gasteiger partial charge < -0.3 is 0 Å². The van der Waals surface area contributed by atoms with Gasteiger partial charge in [0, 0.05) is 31.1 Å². The van der Waals surface area contributed by atoms with Crippen LogP contribution in [0.4, 0.5) is 0 Å². The van der Waals surface area contributed by atoms with Crippen molar-refractivity contribution >= 4 is 11.8 Å². The van der Waals surface area contributed by atoms with Crippen molar-refractivity contribution in [3.8, 4) is 0 Å². The molecular formula is C6H12NS. The first-order chi connectivity index (χ1) is 3.93. The molecule has 0 aromatic carbocycles. The molecule has 0 saturated carbocycles. The highest BCUT2D eigenvalue weighted by Crippen LogP contribution is 2.09. The molecule has 8 heavy (non-hydrogen) atoms.